The number of amides is 1. The smallest absolute Gasteiger partial charge is 0.290 e. The second-order valence-corrected chi connectivity index (χ2v) is 5.53. The van der Waals surface area contributed by atoms with Crippen LogP contribution in [0.15, 0.2) is 45.5 Å². The van der Waals surface area contributed by atoms with Gasteiger partial charge < -0.3 is 14.1 Å². The summed E-state index contributed by atoms with van der Waals surface area (Å²) in [5.41, 5.74) is 0.843. The van der Waals surface area contributed by atoms with Gasteiger partial charge in [-0.05, 0) is 45.8 Å². The van der Waals surface area contributed by atoms with Gasteiger partial charge >= 0.3 is 0 Å². The van der Waals surface area contributed by atoms with Gasteiger partial charge in [-0.3, -0.25) is 4.79 Å². The predicted octanol–water partition coefficient (Wildman–Crippen LogP) is 3.39. The van der Waals surface area contributed by atoms with Crippen molar-refractivity contribution in [2.24, 2.45) is 0 Å². The summed E-state index contributed by atoms with van der Waals surface area (Å²) in [6.07, 6.45) is 0. The highest BCUT2D eigenvalue weighted by molar-refractivity contribution is 9.10. The Morgan fingerprint density at radius 1 is 1.24 bits per heavy atom. The van der Waals surface area contributed by atoms with Crippen molar-refractivity contribution in [2.75, 3.05) is 19.8 Å². The molecular weight excluding hydrogens is 341 g/mol. The maximum Gasteiger partial charge on any atom is 0.290 e. The molecule has 2 heterocycles. The minimum absolute atomic E-state index is 0.196. The van der Waals surface area contributed by atoms with E-state index in [4.69, 9.17) is 9.15 Å². The van der Waals surface area contributed by atoms with Crippen LogP contribution < -0.4 is 0 Å². The van der Waals surface area contributed by atoms with Crippen LogP contribution in [0.5, 0.6) is 0 Å². The normalized spacial score (nSPS) is 18.8. The average Bonchev–Trinajstić information content (AvgIpc) is 2.94. The maximum atomic E-state index is 13.0. The summed E-state index contributed by atoms with van der Waals surface area (Å²) in [4.78, 5) is 14.2. The van der Waals surface area contributed by atoms with E-state index in [1.165, 1.54) is 12.1 Å². The Labute approximate surface area is 129 Å². The van der Waals surface area contributed by atoms with E-state index in [-0.39, 0.29) is 23.5 Å². The molecule has 1 amide bonds. The number of ether oxygens (including phenoxy) is 1. The van der Waals surface area contributed by atoms with Crippen LogP contribution in [-0.2, 0) is 4.74 Å². The van der Waals surface area contributed by atoms with Gasteiger partial charge in [-0.25, -0.2) is 4.39 Å². The molecule has 1 fully saturated rings. The third-order valence-corrected chi connectivity index (χ3v) is 3.85. The van der Waals surface area contributed by atoms with E-state index in [1.807, 2.05) is 0 Å². The van der Waals surface area contributed by atoms with Crippen molar-refractivity contribution in [2.45, 2.75) is 6.04 Å². The topological polar surface area (TPSA) is 42.7 Å². The minimum Gasteiger partial charge on any atom is -0.444 e. The number of furan rings is 1. The maximum absolute atomic E-state index is 13.0. The summed E-state index contributed by atoms with van der Waals surface area (Å²) in [5, 5.41) is 0. The quantitative estimate of drug-likeness (QED) is 0.830. The Bertz CT molecular complexity index is 641. The molecule has 0 N–H and O–H groups in total. The van der Waals surface area contributed by atoms with Gasteiger partial charge in [-0.1, -0.05) is 12.1 Å². The number of morpholine rings is 1. The van der Waals surface area contributed by atoms with Crippen molar-refractivity contribution >= 4 is 21.8 Å². The van der Waals surface area contributed by atoms with E-state index in [2.05, 4.69) is 15.9 Å². The van der Waals surface area contributed by atoms with Gasteiger partial charge in [0.2, 0.25) is 0 Å². The molecule has 1 aliphatic heterocycles. The zero-order valence-electron chi connectivity index (χ0n) is 11.1. The third-order valence-electron chi connectivity index (χ3n) is 3.43. The van der Waals surface area contributed by atoms with Crippen LogP contribution in [0.25, 0.3) is 0 Å². The van der Waals surface area contributed by atoms with Crippen molar-refractivity contribution in [3.05, 3.63) is 58.2 Å². The molecule has 21 heavy (non-hydrogen) atoms. The predicted molar refractivity (Wildman–Crippen MR) is 77.4 cm³/mol. The fourth-order valence-corrected chi connectivity index (χ4v) is 2.69. The summed E-state index contributed by atoms with van der Waals surface area (Å²) in [7, 11) is 0. The Balaban J connectivity index is 1.87. The molecule has 2 aromatic rings. The first kappa shape index (κ1) is 14.3. The number of nitrogens with zero attached hydrogens (tertiary/aromatic N) is 1. The summed E-state index contributed by atoms with van der Waals surface area (Å²) < 4.78 is 24.3. The first-order valence-electron chi connectivity index (χ1n) is 6.54. The molecule has 1 saturated heterocycles. The SMILES string of the molecule is O=C(c1ccc(Br)o1)N1CCOCC1c1ccc(F)cc1. The van der Waals surface area contributed by atoms with Gasteiger partial charge in [0.15, 0.2) is 10.4 Å². The summed E-state index contributed by atoms with van der Waals surface area (Å²) in [6.45, 7) is 1.34. The van der Waals surface area contributed by atoms with Crippen LogP contribution in [0, 0.1) is 5.82 Å². The lowest BCUT2D eigenvalue weighted by Crippen LogP contribution is -2.43. The molecule has 3 rings (SSSR count). The molecule has 0 spiro atoms. The molecule has 1 aromatic carbocycles. The molecule has 4 nitrogen and oxygen atoms in total. The van der Waals surface area contributed by atoms with Crippen molar-refractivity contribution in [3.63, 3.8) is 0 Å². The molecule has 110 valence electrons. The molecule has 1 aromatic heterocycles. The van der Waals surface area contributed by atoms with Gasteiger partial charge in [-0.15, -0.1) is 0 Å². The van der Waals surface area contributed by atoms with Gasteiger partial charge in [0.25, 0.3) is 5.91 Å². The number of hydrogen-bond acceptors (Lipinski definition) is 3. The molecule has 1 atom stereocenters. The third kappa shape index (κ3) is 3.01. The minimum atomic E-state index is -0.302. The number of hydrogen-bond donors (Lipinski definition) is 0. The van der Waals surface area contributed by atoms with Crippen molar-refractivity contribution in [3.8, 4) is 0 Å². The first-order chi connectivity index (χ1) is 10.1. The van der Waals surface area contributed by atoms with E-state index in [9.17, 15) is 9.18 Å². The lowest BCUT2D eigenvalue weighted by Gasteiger charge is -2.35. The summed E-state index contributed by atoms with van der Waals surface area (Å²) >= 11 is 3.19. The van der Waals surface area contributed by atoms with Gasteiger partial charge in [0.05, 0.1) is 19.3 Å². The molecule has 0 saturated carbocycles. The fraction of sp³-hybridized carbons (Fsp3) is 0.267. The van der Waals surface area contributed by atoms with Crippen molar-refractivity contribution in [1.29, 1.82) is 0 Å². The second-order valence-electron chi connectivity index (χ2n) is 4.74. The number of carbonyl (C=O) groups excluding carboxylic acids is 1. The largest absolute Gasteiger partial charge is 0.444 e. The Hall–Kier alpha value is -1.66. The Morgan fingerprint density at radius 3 is 2.67 bits per heavy atom. The highest BCUT2D eigenvalue weighted by Gasteiger charge is 2.30. The van der Waals surface area contributed by atoms with Crippen LogP contribution in [0.1, 0.15) is 22.2 Å². The number of rotatable bonds is 2. The van der Waals surface area contributed by atoms with Crippen molar-refractivity contribution < 1.29 is 18.3 Å². The Kier molecular flexibility index (Phi) is 4.07. The summed E-state index contributed by atoms with van der Waals surface area (Å²) in [5.74, 6) is -0.225. The fourth-order valence-electron chi connectivity index (χ4n) is 2.38. The number of carbonyl (C=O) groups is 1. The van der Waals surface area contributed by atoms with Crippen LogP contribution >= 0.6 is 15.9 Å². The molecule has 0 radical (unpaired) electrons. The van der Waals surface area contributed by atoms with E-state index in [0.717, 1.165) is 5.56 Å². The monoisotopic (exact) mass is 353 g/mol. The van der Waals surface area contributed by atoms with E-state index in [0.29, 0.717) is 24.4 Å². The molecule has 0 aliphatic carbocycles. The van der Waals surface area contributed by atoms with E-state index < -0.39 is 0 Å². The lowest BCUT2D eigenvalue weighted by atomic mass is 10.0. The van der Waals surface area contributed by atoms with E-state index >= 15 is 0 Å². The highest BCUT2D eigenvalue weighted by Crippen LogP contribution is 2.27. The van der Waals surface area contributed by atoms with Crippen LogP contribution in [-0.4, -0.2) is 30.6 Å². The van der Waals surface area contributed by atoms with Gasteiger partial charge in [0, 0.05) is 6.54 Å². The van der Waals surface area contributed by atoms with Gasteiger partial charge in [0.1, 0.15) is 5.82 Å². The van der Waals surface area contributed by atoms with Gasteiger partial charge in [-0.2, -0.15) is 0 Å². The zero-order valence-corrected chi connectivity index (χ0v) is 12.7. The average molecular weight is 354 g/mol. The molecule has 6 heteroatoms. The lowest BCUT2D eigenvalue weighted by molar-refractivity contribution is -0.00432. The van der Waals surface area contributed by atoms with Crippen LogP contribution in [0.3, 0.4) is 0 Å². The van der Waals surface area contributed by atoms with Crippen LogP contribution in [0.2, 0.25) is 0 Å². The van der Waals surface area contributed by atoms with Crippen molar-refractivity contribution in [1.82, 2.24) is 4.90 Å². The standard InChI is InChI=1S/C15H13BrFNO3/c16-14-6-5-13(21-14)15(19)18-7-8-20-9-12(18)10-1-3-11(17)4-2-10/h1-6,12H,7-9H2. The molecule has 0 bridgehead atoms. The van der Waals surface area contributed by atoms with Crippen LogP contribution in [0.4, 0.5) is 4.39 Å². The first-order valence-corrected chi connectivity index (χ1v) is 7.34. The second kappa shape index (κ2) is 5.99. The zero-order chi connectivity index (χ0) is 14.8. The number of halogens is 2. The molecule has 1 aliphatic rings. The Morgan fingerprint density at radius 2 is 2.00 bits per heavy atom. The highest BCUT2D eigenvalue weighted by atomic mass is 79.9. The molecular formula is C15H13BrFNO3. The van der Waals surface area contributed by atoms with E-state index in [1.54, 1.807) is 29.2 Å². The summed E-state index contributed by atoms with van der Waals surface area (Å²) in [6, 6.07) is 9.19. The molecule has 1 unspecified atom stereocenters. The number of benzene rings is 1.